The number of rotatable bonds is 53. The average molecular weight is 976 g/mol. The van der Waals surface area contributed by atoms with Crippen molar-refractivity contribution in [2.45, 2.75) is 270 Å². The Morgan fingerprint density at radius 1 is 0.456 bits per heavy atom. The van der Waals surface area contributed by atoms with Crippen LogP contribution in [0.2, 0.25) is 0 Å². The maximum Gasteiger partial charge on any atom is 0.472 e. The van der Waals surface area contributed by atoms with Crippen LogP contribution in [0.3, 0.4) is 0 Å². The molecular formula is C58H106NO8P. The lowest BCUT2D eigenvalue weighted by molar-refractivity contribution is -0.161. The van der Waals surface area contributed by atoms with Crippen molar-refractivity contribution in [2.24, 2.45) is 5.73 Å². The predicted molar refractivity (Wildman–Crippen MR) is 289 cm³/mol. The summed E-state index contributed by atoms with van der Waals surface area (Å²) in [5.41, 5.74) is 5.34. The lowest BCUT2D eigenvalue weighted by atomic mass is 10.0. The fourth-order valence-electron chi connectivity index (χ4n) is 8.02. The Bertz CT molecular complexity index is 1300. The van der Waals surface area contributed by atoms with Gasteiger partial charge in [-0.1, -0.05) is 254 Å². The van der Waals surface area contributed by atoms with Crippen LogP contribution in [0.1, 0.15) is 264 Å². The van der Waals surface area contributed by atoms with Crippen LogP contribution in [0.25, 0.3) is 0 Å². The van der Waals surface area contributed by atoms with E-state index in [1.54, 1.807) is 0 Å². The third-order valence-electron chi connectivity index (χ3n) is 12.2. The summed E-state index contributed by atoms with van der Waals surface area (Å²) in [6, 6.07) is 0. The van der Waals surface area contributed by atoms with Gasteiger partial charge in [-0.3, -0.25) is 18.6 Å². The van der Waals surface area contributed by atoms with Crippen molar-refractivity contribution >= 4 is 19.8 Å². The van der Waals surface area contributed by atoms with Crippen LogP contribution >= 0.6 is 7.82 Å². The number of phosphoric ester groups is 1. The maximum atomic E-state index is 12.6. The number of phosphoric acid groups is 1. The number of allylic oxidation sites excluding steroid dienone is 10. The molecule has 9 nitrogen and oxygen atoms in total. The van der Waals surface area contributed by atoms with Crippen molar-refractivity contribution in [3.05, 3.63) is 60.8 Å². The van der Waals surface area contributed by atoms with E-state index in [1.165, 1.54) is 161 Å². The van der Waals surface area contributed by atoms with Gasteiger partial charge in [0.05, 0.1) is 13.2 Å². The number of esters is 2. The molecule has 0 aromatic carbocycles. The Kier molecular flexibility index (Phi) is 52.2. The molecule has 0 aromatic heterocycles. The first-order valence-corrected chi connectivity index (χ1v) is 29.8. The van der Waals surface area contributed by atoms with Crippen molar-refractivity contribution in [2.75, 3.05) is 26.4 Å². The van der Waals surface area contributed by atoms with Gasteiger partial charge in [0.2, 0.25) is 0 Å². The van der Waals surface area contributed by atoms with E-state index in [4.69, 9.17) is 24.3 Å². The van der Waals surface area contributed by atoms with Gasteiger partial charge in [0.15, 0.2) is 6.10 Å². The molecule has 2 unspecified atom stereocenters. The zero-order chi connectivity index (χ0) is 49.5. The first kappa shape index (κ1) is 65.7. The summed E-state index contributed by atoms with van der Waals surface area (Å²) >= 11 is 0. The average Bonchev–Trinajstić information content (AvgIpc) is 3.33. The van der Waals surface area contributed by atoms with E-state index >= 15 is 0 Å². The number of ether oxygens (including phenoxy) is 2. The molecule has 0 spiro atoms. The quantitative estimate of drug-likeness (QED) is 0.0264. The van der Waals surface area contributed by atoms with Crippen LogP contribution in [0.4, 0.5) is 0 Å². The van der Waals surface area contributed by atoms with Gasteiger partial charge in [-0.15, -0.1) is 0 Å². The number of nitrogens with two attached hydrogens (primary N) is 1. The Balaban J connectivity index is 3.63. The summed E-state index contributed by atoms with van der Waals surface area (Å²) in [5.74, 6) is -0.828. The lowest BCUT2D eigenvalue weighted by Gasteiger charge is -2.19. The van der Waals surface area contributed by atoms with E-state index in [9.17, 15) is 19.0 Å². The van der Waals surface area contributed by atoms with E-state index in [1.807, 2.05) is 0 Å². The third-order valence-corrected chi connectivity index (χ3v) is 13.2. The maximum absolute atomic E-state index is 12.6. The molecule has 0 rings (SSSR count). The number of unbranched alkanes of at least 4 members (excludes halogenated alkanes) is 30. The highest BCUT2D eigenvalue weighted by Crippen LogP contribution is 2.43. The molecule has 0 aliphatic heterocycles. The second-order valence-corrected chi connectivity index (χ2v) is 20.2. The Hall–Kier alpha value is -2.29. The van der Waals surface area contributed by atoms with Crippen molar-refractivity contribution in [1.29, 1.82) is 0 Å². The Labute approximate surface area is 419 Å². The van der Waals surface area contributed by atoms with E-state index in [0.29, 0.717) is 6.42 Å². The minimum atomic E-state index is -4.37. The smallest absolute Gasteiger partial charge is 0.462 e. The van der Waals surface area contributed by atoms with E-state index in [2.05, 4.69) is 74.6 Å². The molecule has 3 N–H and O–H groups in total. The summed E-state index contributed by atoms with van der Waals surface area (Å²) in [4.78, 5) is 34.7. The number of hydrogen-bond donors (Lipinski definition) is 2. The highest BCUT2D eigenvalue weighted by atomic mass is 31.2. The Morgan fingerprint density at radius 2 is 0.809 bits per heavy atom. The molecule has 0 aliphatic carbocycles. The molecule has 0 aliphatic rings. The van der Waals surface area contributed by atoms with Crippen LogP contribution in [0, 0.1) is 0 Å². The standard InChI is InChI=1S/C58H106NO8P/c1-3-5-7-9-11-12-13-14-15-16-17-18-19-20-21-22-23-24-25-26-27-28-29-30-31-32-33-34-35-36-37-38-39-40-41-42-43-44-45-47-49-51-58(61)67-56(55-66-68(62,63)65-53-52-59)54-64-57(60)50-48-46-10-8-6-4-2/h5,7,11-12,14-15,17-18,20-21,56H,3-4,6,8-10,13,16,19,22-55,59H2,1-2H3,(H,62,63)/b7-5-,12-11-,15-14-,18-17-,21-20-. The van der Waals surface area contributed by atoms with Gasteiger partial charge < -0.3 is 20.1 Å². The summed E-state index contributed by atoms with van der Waals surface area (Å²) in [5, 5.41) is 0. The molecule has 0 aromatic rings. The summed E-state index contributed by atoms with van der Waals surface area (Å²) in [7, 11) is -4.37. The van der Waals surface area contributed by atoms with Gasteiger partial charge in [-0.25, -0.2) is 4.57 Å². The first-order valence-electron chi connectivity index (χ1n) is 28.3. The largest absolute Gasteiger partial charge is 0.472 e. The molecule has 0 heterocycles. The topological polar surface area (TPSA) is 134 Å². The Morgan fingerprint density at radius 3 is 1.21 bits per heavy atom. The normalized spacial score (nSPS) is 13.5. The SMILES string of the molecule is CC/C=C\C/C=C\C/C=C\C/C=C\C/C=C\CCCCCCCCCCCCCCCCCCCCCCCCCCCC(=O)OC(COC(=O)CCCCCCCC)COP(=O)(O)OCCN. The number of carbonyl (C=O) groups excluding carboxylic acids is 2. The molecule has 68 heavy (non-hydrogen) atoms. The van der Waals surface area contributed by atoms with Crippen molar-refractivity contribution in [3.63, 3.8) is 0 Å². The fourth-order valence-corrected chi connectivity index (χ4v) is 8.78. The molecule has 0 fully saturated rings. The van der Waals surface area contributed by atoms with Gasteiger partial charge in [-0.05, 0) is 57.8 Å². The number of hydrogen-bond acceptors (Lipinski definition) is 8. The second kappa shape index (κ2) is 54.1. The zero-order valence-corrected chi connectivity index (χ0v) is 45.0. The molecular weight excluding hydrogens is 870 g/mol. The predicted octanol–water partition coefficient (Wildman–Crippen LogP) is 17.6. The highest BCUT2D eigenvalue weighted by Gasteiger charge is 2.26. The minimum Gasteiger partial charge on any atom is -0.462 e. The van der Waals surface area contributed by atoms with E-state index < -0.39 is 26.5 Å². The summed E-state index contributed by atoms with van der Waals surface area (Å²) in [6.45, 7) is 3.57. The molecule has 0 saturated heterocycles. The zero-order valence-electron chi connectivity index (χ0n) is 44.1. The van der Waals surface area contributed by atoms with Gasteiger partial charge in [0, 0.05) is 19.4 Å². The molecule has 0 saturated carbocycles. The number of carbonyl (C=O) groups is 2. The molecule has 0 radical (unpaired) electrons. The van der Waals surface area contributed by atoms with Gasteiger partial charge in [-0.2, -0.15) is 0 Å². The molecule has 0 bridgehead atoms. The van der Waals surface area contributed by atoms with E-state index in [-0.39, 0.29) is 38.6 Å². The van der Waals surface area contributed by atoms with Crippen molar-refractivity contribution in [1.82, 2.24) is 0 Å². The summed E-state index contributed by atoms with van der Waals surface area (Å²) < 4.78 is 32.7. The molecule has 0 amide bonds. The minimum absolute atomic E-state index is 0.0550. The monoisotopic (exact) mass is 976 g/mol. The first-order chi connectivity index (χ1) is 33.3. The van der Waals surface area contributed by atoms with Crippen LogP contribution in [0.15, 0.2) is 60.8 Å². The van der Waals surface area contributed by atoms with Gasteiger partial charge in [0.1, 0.15) is 6.61 Å². The van der Waals surface area contributed by atoms with Crippen molar-refractivity contribution in [3.8, 4) is 0 Å². The van der Waals surface area contributed by atoms with Crippen LogP contribution in [-0.2, 0) is 32.7 Å². The fraction of sp³-hybridized carbons (Fsp3) is 0.793. The molecule has 10 heteroatoms. The molecule has 2 atom stereocenters. The van der Waals surface area contributed by atoms with Gasteiger partial charge >= 0.3 is 19.8 Å². The van der Waals surface area contributed by atoms with Crippen molar-refractivity contribution < 1.29 is 37.6 Å². The third kappa shape index (κ3) is 53.1. The van der Waals surface area contributed by atoms with Gasteiger partial charge in [0.25, 0.3) is 0 Å². The molecule has 396 valence electrons. The van der Waals surface area contributed by atoms with E-state index in [0.717, 1.165) is 70.6 Å². The lowest BCUT2D eigenvalue weighted by Crippen LogP contribution is -2.29. The van der Waals surface area contributed by atoms with Crippen LogP contribution < -0.4 is 5.73 Å². The highest BCUT2D eigenvalue weighted by molar-refractivity contribution is 7.47. The van der Waals surface area contributed by atoms with Crippen LogP contribution in [0.5, 0.6) is 0 Å². The summed E-state index contributed by atoms with van der Waals surface area (Å²) in [6.07, 6.45) is 67.9. The second-order valence-electron chi connectivity index (χ2n) is 18.8. The van der Waals surface area contributed by atoms with Crippen LogP contribution in [-0.4, -0.2) is 49.3 Å².